The van der Waals surface area contributed by atoms with E-state index >= 15 is 0 Å². The summed E-state index contributed by atoms with van der Waals surface area (Å²) < 4.78 is 30.1. The van der Waals surface area contributed by atoms with E-state index in [4.69, 9.17) is 10.5 Å². The van der Waals surface area contributed by atoms with Gasteiger partial charge in [-0.1, -0.05) is 74.5 Å². The number of benzene rings is 2. The number of ketones is 1. The van der Waals surface area contributed by atoms with Crippen LogP contribution in [0.3, 0.4) is 0 Å². The number of carbonyl (C=O) groups is 1. The molecular weight excluding hydrogens is 460 g/mol. The lowest BCUT2D eigenvalue weighted by atomic mass is 10.0. The number of hydrogen-bond acceptors (Lipinski definition) is 4. The molecule has 1 aliphatic rings. The van der Waals surface area contributed by atoms with Gasteiger partial charge in [0.25, 0.3) is 5.92 Å². The number of nitrogens with zero attached hydrogens (tertiary/aromatic N) is 2. The molecule has 0 spiro atoms. The summed E-state index contributed by atoms with van der Waals surface area (Å²) in [5.74, 6) is -2.37. The Labute approximate surface area is 214 Å². The van der Waals surface area contributed by atoms with Crippen molar-refractivity contribution in [1.29, 1.82) is 0 Å². The molecule has 0 unspecified atom stereocenters. The van der Waals surface area contributed by atoms with E-state index in [-0.39, 0.29) is 18.9 Å². The van der Waals surface area contributed by atoms with E-state index in [1.807, 2.05) is 69.3 Å². The first-order valence-corrected chi connectivity index (χ1v) is 12.2. The molecule has 2 aromatic rings. The van der Waals surface area contributed by atoms with Crippen molar-refractivity contribution < 1.29 is 18.3 Å². The number of nitrogens with two attached hydrogens (primary N) is 1. The van der Waals surface area contributed by atoms with E-state index in [0.717, 1.165) is 28.3 Å². The number of aliphatic imine (C=N–C) groups is 1. The molecule has 36 heavy (non-hydrogen) atoms. The Bertz CT molecular complexity index is 1020. The third-order valence-corrected chi connectivity index (χ3v) is 5.07. The van der Waals surface area contributed by atoms with Crippen LogP contribution in [0.4, 0.5) is 8.78 Å². The van der Waals surface area contributed by atoms with Crippen LogP contribution in [0.25, 0.3) is 10.8 Å². The zero-order valence-electron chi connectivity index (χ0n) is 21.6. The largest absolute Gasteiger partial charge is 0.390 e. The standard InChI is InChI=1S/C17H20N2O2.C10H13F2N.C2H6/c18-13-19-9-3-10-21-11-8-17(20)16-7-6-14-4-1-2-5-15(14)12-16;1-3-9(2)5-4-6-13-7-10(11,12)8-13;1-2/h1-2,4-7,12-13H,3,8-11H2,(H2,18,19);3-6H,1,7-8H2,2H3;1-2H3/b;6-4+,9-5-;. The molecule has 2 aromatic carbocycles. The van der Waals surface area contributed by atoms with E-state index in [0.29, 0.717) is 26.2 Å². The molecule has 1 heterocycles. The predicted octanol–water partition coefficient (Wildman–Crippen LogP) is 6.42. The summed E-state index contributed by atoms with van der Waals surface area (Å²) in [5.41, 5.74) is 6.89. The maximum absolute atomic E-state index is 12.3. The summed E-state index contributed by atoms with van der Waals surface area (Å²) in [7, 11) is 0. The van der Waals surface area contributed by atoms with Crippen LogP contribution in [-0.4, -0.2) is 55.8 Å². The van der Waals surface area contributed by atoms with Crippen LogP contribution in [0, 0.1) is 0 Å². The molecule has 0 bridgehead atoms. The van der Waals surface area contributed by atoms with Crippen LogP contribution in [0.2, 0.25) is 0 Å². The number of Topliss-reactive ketones (excluding diaryl/α,β-unsaturated/α-hetero) is 1. The lowest BCUT2D eigenvalue weighted by Crippen LogP contribution is -2.53. The summed E-state index contributed by atoms with van der Waals surface area (Å²) in [6, 6.07) is 13.8. The molecule has 0 amide bonds. The van der Waals surface area contributed by atoms with Crippen molar-refractivity contribution in [2.24, 2.45) is 10.7 Å². The minimum absolute atomic E-state index is 0.112. The van der Waals surface area contributed by atoms with Gasteiger partial charge in [-0.15, -0.1) is 0 Å². The van der Waals surface area contributed by atoms with E-state index in [1.54, 1.807) is 23.3 Å². The van der Waals surface area contributed by atoms with Gasteiger partial charge in [-0.2, -0.15) is 0 Å². The molecule has 1 saturated heterocycles. The molecule has 0 aromatic heterocycles. The number of carbonyl (C=O) groups excluding carboxylic acids is 1. The zero-order chi connectivity index (χ0) is 26.8. The van der Waals surface area contributed by atoms with Crippen LogP contribution in [0.1, 0.15) is 44.0 Å². The first-order valence-electron chi connectivity index (χ1n) is 12.2. The van der Waals surface area contributed by atoms with Gasteiger partial charge < -0.3 is 15.4 Å². The average Bonchev–Trinajstić information content (AvgIpc) is 2.88. The van der Waals surface area contributed by atoms with E-state index in [9.17, 15) is 13.6 Å². The van der Waals surface area contributed by atoms with Crippen molar-refractivity contribution in [2.75, 3.05) is 32.8 Å². The number of allylic oxidation sites excluding steroid dienone is 4. The second kappa shape index (κ2) is 17.2. The first-order chi connectivity index (χ1) is 17.3. The van der Waals surface area contributed by atoms with E-state index in [1.165, 1.54) is 6.34 Å². The number of fused-ring (bicyclic) bond motifs is 1. The Morgan fingerprint density at radius 1 is 1.17 bits per heavy atom. The Hall–Kier alpha value is -3.32. The summed E-state index contributed by atoms with van der Waals surface area (Å²) in [4.78, 5) is 17.6. The lowest BCUT2D eigenvalue weighted by Gasteiger charge is -2.37. The smallest absolute Gasteiger partial charge is 0.282 e. The van der Waals surface area contributed by atoms with Crippen molar-refractivity contribution in [3.8, 4) is 0 Å². The monoisotopic (exact) mass is 499 g/mol. The second-order valence-electron chi connectivity index (χ2n) is 7.97. The SMILES string of the molecule is C=C/C(C)=C\C=C\N1CC(F)(F)C1.CC.NC=NCCCOCCC(=O)c1ccc2ccccc2c1. The topological polar surface area (TPSA) is 67.9 Å². The molecule has 5 nitrogen and oxygen atoms in total. The van der Waals surface area contributed by atoms with Gasteiger partial charge >= 0.3 is 0 Å². The molecule has 1 fully saturated rings. The maximum Gasteiger partial charge on any atom is 0.282 e. The van der Waals surface area contributed by atoms with Crippen LogP contribution in [0.15, 0.2) is 84.0 Å². The van der Waals surface area contributed by atoms with Gasteiger partial charge in [-0.3, -0.25) is 9.79 Å². The van der Waals surface area contributed by atoms with Crippen molar-refractivity contribution in [3.05, 3.63) is 84.6 Å². The van der Waals surface area contributed by atoms with Crippen LogP contribution in [0.5, 0.6) is 0 Å². The number of halogens is 2. The fourth-order valence-corrected chi connectivity index (χ4v) is 3.14. The highest BCUT2D eigenvalue weighted by molar-refractivity contribution is 5.99. The van der Waals surface area contributed by atoms with Crippen molar-refractivity contribution in [2.45, 2.75) is 39.5 Å². The highest BCUT2D eigenvalue weighted by Gasteiger charge is 2.42. The van der Waals surface area contributed by atoms with Crippen LogP contribution >= 0.6 is 0 Å². The van der Waals surface area contributed by atoms with Gasteiger partial charge in [0.1, 0.15) is 0 Å². The molecule has 196 valence electrons. The summed E-state index contributed by atoms with van der Waals surface area (Å²) in [6.45, 7) is 10.9. The van der Waals surface area contributed by atoms with Gasteiger partial charge in [0.05, 0.1) is 26.0 Å². The van der Waals surface area contributed by atoms with Crippen molar-refractivity contribution >= 4 is 22.9 Å². The van der Waals surface area contributed by atoms with Crippen molar-refractivity contribution in [1.82, 2.24) is 4.90 Å². The van der Waals surface area contributed by atoms with Crippen LogP contribution < -0.4 is 5.73 Å². The molecule has 2 N–H and O–H groups in total. The number of likely N-dealkylation sites (tertiary alicyclic amines) is 1. The number of hydrogen-bond donors (Lipinski definition) is 1. The van der Waals surface area contributed by atoms with Gasteiger partial charge in [0.2, 0.25) is 0 Å². The van der Waals surface area contributed by atoms with E-state index in [2.05, 4.69) is 11.6 Å². The fraction of sp³-hybridized carbons (Fsp3) is 0.379. The minimum atomic E-state index is -2.48. The van der Waals surface area contributed by atoms with Gasteiger partial charge in [-0.05, 0) is 42.5 Å². The third-order valence-electron chi connectivity index (χ3n) is 5.07. The van der Waals surface area contributed by atoms with Gasteiger partial charge in [-0.25, -0.2) is 8.78 Å². The molecule has 7 heteroatoms. The molecule has 0 atom stereocenters. The zero-order valence-corrected chi connectivity index (χ0v) is 21.6. The van der Waals surface area contributed by atoms with Gasteiger partial charge in [0, 0.05) is 25.1 Å². The Morgan fingerprint density at radius 2 is 1.86 bits per heavy atom. The van der Waals surface area contributed by atoms with Crippen molar-refractivity contribution in [3.63, 3.8) is 0 Å². The third kappa shape index (κ3) is 11.9. The Balaban J connectivity index is 0.000000371. The molecule has 0 aliphatic carbocycles. The normalized spacial score (nSPS) is 14.6. The lowest BCUT2D eigenvalue weighted by molar-refractivity contribution is -0.110. The summed E-state index contributed by atoms with van der Waals surface area (Å²) in [6.07, 6.45) is 9.49. The Morgan fingerprint density at radius 3 is 2.50 bits per heavy atom. The van der Waals surface area contributed by atoms with E-state index < -0.39 is 5.92 Å². The molecular formula is C29H39F2N3O2. The maximum atomic E-state index is 12.3. The van der Waals surface area contributed by atoms with Gasteiger partial charge in [0.15, 0.2) is 5.78 Å². The number of ether oxygens (including phenoxy) is 1. The molecule has 1 aliphatic heterocycles. The first kappa shape index (κ1) is 30.7. The Kier molecular flexibility index (Phi) is 14.6. The molecule has 3 rings (SSSR count). The molecule has 0 radical (unpaired) electrons. The van der Waals surface area contributed by atoms with Crippen LogP contribution in [-0.2, 0) is 4.74 Å². The second-order valence-corrected chi connectivity index (χ2v) is 7.97. The summed E-state index contributed by atoms with van der Waals surface area (Å²) >= 11 is 0. The quantitative estimate of drug-likeness (QED) is 0.127. The highest BCUT2D eigenvalue weighted by Crippen LogP contribution is 2.26. The minimum Gasteiger partial charge on any atom is -0.390 e. The molecule has 0 saturated carbocycles. The average molecular weight is 500 g/mol. The highest BCUT2D eigenvalue weighted by atomic mass is 19.3. The summed E-state index contributed by atoms with van der Waals surface area (Å²) in [5, 5.41) is 2.23. The predicted molar refractivity (Wildman–Crippen MR) is 147 cm³/mol. The fourth-order valence-electron chi connectivity index (χ4n) is 3.14. The number of alkyl halides is 2. The number of rotatable bonds is 11.